The molecule has 1 saturated heterocycles. The summed E-state index contributed by atoms with van der Waals surface area (Å²) in [5, 5.41) is 11.2. The monoisotopic (exact) mass is 574 g/mol. The molecule has 10 nitrogen and oxygen atoms in total. The van der Waals surface area contributed by atoms with Crippen LogP contribution in [0.1, 0.15) is 16.7 Å². The molecule has 0 aromatic heterocycles. The number of carbonyl (C=O) groups excluding carboxylic acids is 2. The Morgan fingerprint density at radius 2 is 1.84 bits per heavy atom. The number of aryl methyl sites for hydroxylation is 1. The van der Waals surface area contributed by atoms with Gasteiger partial charge in [0, 0.05) is 16.7 Å². The zero-order valence-corrected chi connectivity index (χ0v) is 22.3. The second kappa shape index (κ2) is 10.9. The Hall–Kier alpha value is -3.87. The second-order valence-corrected chi connectivity index (χ2v) is 11.0. The lowest BCUT2D eigenvalue weighted by molar-refractivity contribution is -0.385. The van der Waals surface area contributed by atoms with Crippen molar-refractivity contribution in [1.29, 1.82) is 0 Å². The zero-order chi connectivity index (χ0) is 27.6. The standard InChI is InChI=1S/C25H19ClN2O8S2/c1-15-6-8-19(13-20(15)28(31)32)38(33,34)36-21-9-7-16(11-22(21)35-2)12-23-24(29)27(25(30)37-23)14-17-4-3-5-18(26)10-17/h3-13H,14H2,1-2H3/b23-12-. The van der Waals surface area contributed by atoms with Crippen LogP contribution in [0.25, 0.3) is 6.08 Å². The van der Waals surface area contributed by atoms with Crippen molar-refractivity contribution in [3.05, 3.63) is 97.4 Å². The van der Waals surface area contributed by atoms with Gasteiger partial charge in [0.25, 0.3) is 16.8 Å². The van der Waals surface area contributed by atoms with Crippen molar-refractivity contribution in [2.75, 3.05) is 7.11 Å². The maximum Gasteiger partial charge on any atom is 0.339 e. The summed E-state index contributed by atoms with van der Waals surface area (Å²) in [7, 11) is -3.13. The molecule has 0 spiro atoms. The van der Waals surface area contributed by atoms with E-state index in [0.29, 0.717) is 21.7 Å². The average molecular weight is 575 g/mol. The molecule has 0 bridgehead atoms. The molecule has 13 heteroatoms. The van der Waals surface area contributed by atoms with Gasteiger partial charge in [0.2, 0.25) is 0 Å². The van der Waals surface area contributed by atoms with E-state index in [1.54, 1.807) is 24.3 Å². The number of amides is 2. The van der Waals surface area contributed by atoms with E-state index in [0.717, 1.165) is 22.7 Å². The van der Waals surface area contributed by atoms with E-state index in [1.807, 2.05) is 0 Å². The summed E-state index contributed by atoms with van der Waals surface area (Å²) < 4.78 is 36.1. The number of benzene rings is 3. The molecule has 0 N–H and O–H groups in total. The Kier molecular flexibility index (Phi) is 7.76. The van der Waals surface area contributed by atoms with Crippen LogP contribution in [-0.2, 0) is 21.5 Å². The molecule has 2 amide bonds. The number of nitro groups is 1. The maximum absolute atomic E-state index is 12.9. The minimum atomic E-state index is -4.43. The summed E-state index contributed by atoms with van der Waals surface area (Å²) in [4.78, 5) is 36.7. The van der Waals surface area contributed by atoms with Gasteiger partial charge in [0.05, 0.1) is 23.5 Å². The van der Waals surface area contributed by atoms with E-state index in [2.05, 4.69) is 0 Å². The summed E-state index contributed by atoms with van der Waals surface area (Å²) >= 11 is 6.76. The van der Waals surface area contributed by atoms with Crippen molar-refractivity contribution in [2.45, 2.75) is 18.4 Å². The molecule has 0 aliphatic carbocycles. The second-order valence-electron chi connectivity index (χ2n) is 8.05. The molecule has 4 rings (SSSR count). The molecule has 1 heterocycles. The van der Waals surface area contributed by atoms with Crippen LogP contribution >= 0.6 is 23.4 Å². The highest BCUT2D eigenvalue weighted by Crippen LogP contribution is 2.36. The molecule has 1 fully saturated rings. The van der Waals surface area contributed by atoms with Crippen LogP contribution in [0.3, 0.4) is 0 Å². The number of carbonyl (C=O) groups is 2. The van der Waals surface area contributed by atoms with Crippen LogP contribution in [0.15, 0.2) is 70.5 Å². The number of methoxy groups -OCH3 is 1. The third kappa shape index (κ3) is 5.82. The summed E-state index contributed by atoms with van der Waals surface area (Å²) in [5.41, 5.74) is 1.09. The lowest BCUT2D eigenvalue weighted by Crippen LogP contribution is -2.27. The molecule has 0 saturated carbocycles. The number of imide groups is 1. The first kappa shape index (κ1) is 27.2. The van der Waals surface area contributed by atoms with Crippen molar-refractivity contribution in [3.63, 3.8) is 0 Å². The number of nitro benzene ring substituents is 1. The van der Waals surface area contributed by atoms with Gasteiger partial charge in [-0.15, -0.1) is 0 Å². The summed E-state index contributed by atoms with van der Waals surface area (Å²) in [6.45, 7) is 1.55. The van der Waals surface area contributed by atoms with Crippen LogP contribution < -0.4 is 8.92 Å². The van der Waals surface area contributed by atoms with Gasteiger partial charge in [-0.25, -0.2) is 0 Å². The topological polar surface area (TPSA) is 133 Å². The fourth-order valence-corrected chi connectivity index (χ4v) is 5.57. The molecular weight excluding hydrogens is 556 g/mol. The Bertz CT molecular complexity index is 1600. The molecular formula is C25H19ClN2O8S2. The molecule has 1 aliphatic heterocycles. The predicted molar refractivity (Wildman–Crippen MR) is 142 cm³/mol. The molecule has 196 valence electrons. The van der Waals surface area contributed by atoms with E-state index in [1.165, 1.54) is 50.4 Å². The van der Waals surface area contributed by atoms with Crippen molar-refractivity contribution in [1.82, 2.24) is 4.90 Å². The Morgan fingerprint density at radius 3 is 2.53 bits per heavy atom. The third-order valence-electron chi connectivity index (χ3n) is 5.45. The molecule has 0 radical (unpaired) electrons. The first-order chi connectivity index (χ1) is 18.0. The van der Waals surface area contributed by atoms with Gasteiger partial charge in [-0.1, -0.05) is 35.9 Å². The largest absolute Gasteiger partial charge is 0.493 e. The van der Waals surface area contributed by atoms with Gasteiger partial charge < -0.3 is 8.92 Å². The molecule has 3 aromatic rings. The first-order valence-electron chi connectivity index (χ1n) is 10.9. The van der Waals surface area contributed by atoms with Gasteiger partial charge in [0.1, 0.15) is 4.90 Å². The fourth-order valence-electron chi connectivity index (χ4n) is 3.56. The predicted octanol–water partition coefficient (Wildman–Crippen LogP) is 5.57. The van der Waals surface area contributed by atoms with Gasteiger partial charge in [-0.3, -0.25) is 24.6 Å². The minimum Gasteiger partial charge on any atom is -0.493 e. The van der Waals surface area contributed by atoms with E-state index >= 15 is 0 Å². The van der Waals surface area contributed by atoms with Crippen LogP contribution in [0.4, 0.5) is 10.5 Å². The molecule has 38 heavy (non-hydrogen) atoms. The van der Waals surface area contributed by atoms with Crippen LogP contribution in [0.5, 0.6) is 11.5 Å². The van der Waals surface area contributed by atoms with Gasteiger partial charge in [-0.05, 0) is 66.2 Å². The lowest BCUT2D eigenvalue weighted by Gasteiger charge is -2.13. The molecule has 0 atom stereocenters. The number of rotatable bonds is 8. The van der Waals surface area contributed by atoms with Gasteiger partial charge >= 0.3 is 10.1 Å². The summed E-state index contributed by atoms with van der Waals surface area (Å²) in [6, 6.07) is 14.5. The first-order valence-corrected chi connectivity index (χ1v) is 13.5. The zero-order valence-electron chi connectivity index (χ0n) is 19.9. The Balaban J connectivity index is 1.56. The number of ether oxygens (including phenoxy) is 1. The Morgan fingerprint density at radius 1 is 1.08 bits per heavy atom. The summed E-state index contributed by atoms with van der Waals surface area (Å²) in [5.74, 6) is -0.619. The molecule has 3 aromatic carbocycles. The van der Waals surface area contributed by atoms with E-state index < -0.39 is 31.1 Å². The third-order valence-corrected chi connectivity index (χ3v) is 7.83. The number of hydrogen-bond acceptors (Lipinski definition) is 9. The van der Waals surface area contributed by atoms with E-state index in [-0.39, 0.29) is 28.6 Å². The average Bonchev–Trinajstić information content (AvgIpc) is 3.12. The SMILES string of the molecule is COc1cc(/C=C2\SC(=O)N(Cc3cccc(Cl)c3)C2=O)ccc1OS(=O)(=O)c1ccc(C)c([N+](=O)[O-])c1. The smallest absolute Gasteiger partial charge is 0.339 e. The highest BCUT2D eigenvalue weighted by atomic mass is 35.5. The maximum atomic E-state index is 12.9. The quantitative estimate of drug-likeness (QED) is 0.146. The number of halogens is 1. The highest BCUT2D eigenvalue weighted by molar-refractivity contribution is 8.18. The number of hydrogen-bond donors (Lipinski definition) is 0. The van der Waals surface area contributed by atoms with Crippen molar-refractivity contribution < 1.29 is 31.9 Å². The molecule has 0 unspecified atom stereocenters. The molecule has 1 aliphatic rings. The van der Waals surface area contributed by atoms with Crippen molar-refractivity contribution in [3.8, 4) is 11.5 Å². The van der Waals surface area contributed by atoms with Crippen LogP contribution in [-0.4, -0.2) is 36.5 Å². The minimum absolute atomic E-state index is 0.0297. The van der Waals surface area contributed by atoms with E-state index in [4.69, 9.17) is 20.5 Å². The Labute approximate surface area is 227 Å². The normalized spacial score (nSPS) is 14.7. The van der Waals surface area contributed by atoms with Gasteiger partial charge in [0.15, 0.2) is 11.5 Å². The van der Waals surface area contributed by atoms with E-state index in [9.17, 15) is 28.1 Å². The number of thioether (sulfide) groups is 1. The van der Waals surface area contributed by atoms with Crippen molar-refractivity contribution in [2.24, 2.45) is 0 Å². The van der Waals surface area contributed by atoms with Crippen molar-refractivity contribution >= 4 is 56.4 Å². The van der Waals surface area contributed by atoms with Crippen LogP contribution in [0, 0.1) is 17.0 Å². The van der Waals surface area contributed by atoms with Gasteiger partial charge in [-0.2, -0.15) is 8.42 Å². The fraction of sp³-hybridized carbons (Fsp3) is 0.120. The van der Waals surface area contributed by atoms with Crippen LogP contribution in [0.2, 0.25) is 5.02 Å². The lowest BCUT2D eigenvalue weighted by atomic mass is 10.1. The highest BCUT2D eigenvalue weighted by Gasteiger charge is 2.35. The summed E-state index contributed by atoms with van der Waals surface area (Å²) in [6.07, 6.45) is 1.48. The number of nitrogens with zero attached hydrogens (tertiary/aromatic N) is 2.